The van der Waals surface area contributed by atoms with Crippen LogP contribution in [0.5, 0.6) is 5.75 Å². The first kappa shape index (κ1) is 14.2. The number of hydrogen-bond acceptors (Lipinski definition) is 5. The lowest BCUT2D eigenvalue weighted by molar-refractivity contribution is 0.233. The highest BCUT2D eigenvalue weighted by Crippen LogP contribution is 2.28. The van der Waals surface area contributed by atoms with E-state index in [1.807, 2.05) is 18.2 Å². The van der Waals surface area contributed by atoms with Gasteiger partial charge in [0, 0.05) is 38.6 Å². The summed E-state index contributed by atoms with van der Waals surface area (Å²) in [5.41, 5.74) is 1.15. The topological polar surface area (TPSA) is 40.4 Å². The van der Waals surface area contributed by atoms with Gasteiger partial charge >= 0.3 is 0 Å². The second-order valence-electron chi connectivity index (χ2n) is 4.98. The van der Waals surface area contributed by atoms with E-state index in [1.54, 1.807) is 19.5 Å². The molecular formula is C15H18N4OS. The molecule has 1 unspecified atom stereocenters. The Labute approximate surface area is 129 Å². The van der Waals surface area contributed by atoms with Crippen molar-refractivity contribution >= 4 is 35.3 Å². The van der Waals surface area contributed by atoms with Gasteiger partial charge in [-0.15, -0.1) is 0 Å². The van der Waals surface area contributed by atoms with E-state index in [0.29, 0.717) is 4.99 Å². The first-order chi connectivity index (χ1) is 10.3. The Morgan fingerprint density at radius 1 is 1.14 bits per heavy atom. The molecule has 0 spiro atoms. The largest absolute Gasteiger partial charge is 0.495 e. The summed E-state index contributed by atoms with van der Waals surface area (Å²) in [6.07, 6.45) is 3.31. The maximum atomic E-state index is 5.44. The molecule has 0 aromatic heterocycles. The SMILES string of the molecule is COc1ccccc1N1CCN(C2N=CC=NC2=S)CC1. The average Bonchev–Trinajstić information content (AvgIpc) is 2.55. The number of piperazine rings is 1. The lowest BCUT2D eigenvalue weighted by atomic mass is 10.2. The van der Waals surface area contributed by atoms with Crippen LogP contribution >= 0.6 is 12.2 Å². The maximum Gasteiger partial charge on any atom is 0.155 e. The molecule has 2 aliphatic heterocycles. The van der Waals surface area contributed by atoms with E-state index in [1.165, 1.54) is 0 Å². The minimum Gasteiger partial charge on any atom is -0.495 e. The van der Waals surface area contributed by atoms with Crippen LogP contribution in [0.25, 0.3) is 0 Å². The quantitative estimate of drug-likeness (QED) is 0.796. The fraction of sp³-hybridized carbons (Fsp3) is 0.400. The normalized spacial score (nSPS) is 22.6. The van der Waals surface area contributed by atoms with E-state index in [2.05, 4.69) is 25.9 Å². The zero-order valence-corrected chi connectivity index (χ0v) is 12.8. The Bertz CT molecular complexity index is 579. The van der Waals surface area contributed by atoms with Crippen LogP contribution in [0.1, 0.15) is 0 Å². The van der Waals surface area contributed by atoms with Crippen molar-refractivity contribution in [2.45, 2.75) is 6.17 Å². The van der Waals surface area contributed by atoms with Crippen molar-refractivity contribution in [2.24, 2.45) is 9.98 Å². The summed E-state index contributed by atoms with van der Waals surface area (Å²) in [5, 5.41) is 0. The summed E-state index contributed by atoms with van der Waals surface area (Å²) in [5.74, 6) is 0.918. The molecule has 1 fully saturated rings. The molecule has 1 aromatic carbocycles. The number of thiocarbonyl (C=S) groups is 1. The fourth-order valence-electron chi connectivity index (χ4n) is 2.71. The summed E-state index contributed by atoms with van der Waals surface area (Å²) in [7, 11) is 1.71. The van der Waals surface area contributed by atoms with Crippen molar-refractivity contribution in [3.63, 3.8) is 0 Å². The standard InChI is InChI=1S/C15H18N4OS/c1-20-13-5-3-2-4-12(13)18-8-10-19(11-9-18)14-15(21)17-7-6-16-14/h2-7,14H,8-11H2,1H3. The van der Waals surface area contributed by atoms with E-state index < -0.39 is 0 Å². The van der Waals surface area contributed by atoms with Gasteiger partial charge in [-0.25, -0.2) is 4.99 Å². The minimum atomic E-state index is -0.0789. The molecule has 0 N–H and O–H groups in total. The number of anilines is 1. The van der Waals surface area contributed by atoms with Gasteiger partial charge in [0.25, 0.3) is 0 Å². The number of methoxy groups -OCH3 is 1. The Hall–Kier alpha value is -1.79. The molecule has 110 valence electrons. The van der Waals surface area contributed by atoms with E-state index in [-0.39, 0.29) is 6.17 Å². The number of aliphatic imine (C=N–C) groups is 2. The Morgan fingerprint density at radius 3 is 2.62 bits per heavy atom. The summed E-state index contributed by atoms with van der Waals surface area (Å²) in [4.78, 5) is 13.9. The molecule has 3 rings (SSSR count). The van der Waals surface area contributed by atoms with Gasteiger partial charge in [0.2, 0.25) is 0 Å². The van der Waals surface area contributed by atoms with Crippen LogP contribution in [0, 0.1) is 0 Å². The number of ether oxygens (including phenoxy) is 1. The second kappa shape index (κ2) is 6.32. The Balaban J connectivity index is 1.66. The molecule has 1 aromatic rings. The average molecular weight is 302 g/mol. The number of rotatable bonds is 3. The van der Waals surface area contributed by atoms with Crippen LogP contribution in [0.4, 0.5) is 5.69 Å². The van der Waals surface area contributed by atoms with Crippen molar-refractivity contribution in [3.8, 4) is 5.75 Å². The molecule has 0 aliphatic carbocycles. The lowest BCUT2D eigenvalue weighted by Crippen LogP contribution is -2.52. The van der Waals surface area contributed by atoms with Crippen LogP contribution in [-0.4, -0.2) is 61.8 Å². The molecule has 0 bridgehead atoms. The molecule has 2 heterocycles. The Kier molecular flexibility index (Phi) is 4.26. The monoisotopic (exact) mass is 302 g/mol. The molecule has 2 aliphatic rings. The van der Waals surface area contributed by atoms with Gasteiger partial charge in [0.1, 0.15) is 10.7 Å². The summed E-state index contributed by atoms with van der Waals surface area (Å²) in [6.45, 7) is 3.68. The van der Waals surface area contributed by atoms with E-state index in [4.69, 9.17) is 17.0 Å². The molecule has 1 saturated heterocycles. The summed E-state index contributed by atoms with van der Waals surface area (Å²) < 4.78 is 5.44. The van der Waals surface area contributed by atoms with Crippen molar-refractivity contribution in [1.82, 2.24) is 4.90 Å². The van der Waals surface area contributed by atoms with E-state index >= 15 is 0 Å². The zero-order valence-electron chi connectivity index (χ0n) is 12.0. The maximum absolute atomic E-state index is 5.44. The smallest absolute Gasteiger partial charge is 0.155 e. The van der Waals surface area contributed by atoms with Crippen LogP contribution in [0.3, 0.4) is 0 Å². The molecule has 0 saturated carbocycles. The van der Waals surface area contributed by atoms with Crippen LogP contribution in [0.2, 0.25) is 0 Å². The van der Waals surface area contributed by atoms with Gasteiger partial charge in [-0.05, 0) is 12.1 Å². The predicted octanol–water partition coefficient (Wildman–Crippen LogP) is 1.63. The van der Waals surface area contributed by atoms with Crippen molar-refractivity contribution in [2.75, 3.05) is 38.2 Å². The highest BCUT2D eigenvalue weighted by Gasteiger charge is 2.27. The highest BCUT2D eigenvalue weighted by molar-refractivity contribution is 7.80. The first-order valence-electron chi connectivity index (χ1n) is 7.01. The van der Waals surface area contributed by atoms with Gasteiger partial charge < -0.3 is 9.64 Å². The Morgan fingerprint density at radius 2 is 1.90 bits per heavy atom. The van der Waals surface area contributed by atoms with Crippen molar-refractivity contribution < 1.29 is 4.74 Å². The van der Waals surface area contributed by atoms with Gasteiger partial charge in [0.05, 0.1) is 12.8 Å². The fourth-order valence-corrected chi connectivity index (χ4v) is 2.98. The van der Waals surface area contributed by atoms with E-state index in [9.17, 15) is 0 Å². The molecule has 0 radical (unpaired) electrons. The molecule has 6 heteroatoms. The third kappa shape index (κ3) is 2.96. The lowest BCUT2D eigenvalue weighted by Gasteiger charge is -2.39. The third-order valence-electron chi connectivity index (χ3n) is 3.80. The van der Waals surface area contributed by atoms with Gasteiger partial charge in [-0.2, -0.15) is 0 Å². The van der Waals surface area contributed by atoms with Crippen LogP contribution in [-0.2, 0) is 0 Å². The van der Waals surface area contributed by atoms with Gasteiger partial charge in [0.15, 0.2) is 6.17 Å². The van der Waals surface area contributed by atoms with E-state index in [0.717, 1.165) is 37.6 Å². The molecule has 21 heavy (non-hydrogen) atoms. The second-order valence-corrected chi connectivity index (χ2v) is 5.40. The number of hydrogen-bond donors (Lipinski definition) is 0. The third-order valence-corrected chi connectivity index (χ3v) is 4.12. The van der Waals surface area contributed by atoms with Crippen LogP contribution < -0.4 is 9.64 Å². The van der Waals surface area contributed by atoms with Crippen LogP contribution in [0.15, 0.2) is 34.3 Å². The number of nitrogens with zero attached hydrogens (tertiary/aromatic N) is 4. The zero-order chi connectivity index (χ0) is 14.7. The van der Waals surface area contributed by atoms with Gasteiger partial charge in [-0.1, -0.05) is 24.4 Å². The summed E-state index contributed by atoms with van der Waals surface area (Å²) in [6, 6.07) is 8.13. The molecule has 5 nitrogen and oxygen atoms in total. The highest BCUT2D eigenvalue weighted by atomic mass is 32.1. The minimum absolute atomic E-state index is 0.0789. The number of para-hydroxylation sites is 2. The number of benzene rings is 1. The predicted molar refractivity (Wildman–Crippen MR) is 90.2 cm³/mol. The molecule has 0 amide bonds. The first-order valence-corrected chi connectivity index (χ1v) is 7.42. The summed E-state index contributed by atoms with van der Waals surface area (Å²) >= 11 is 5.28. The molecular weight excluding hydrogens is 284 g/mol. The van der Waals surface area contributed by atoms with Crippen molar-refractivity contribution in [3.05, 3.63) is 24.3 Å². The van der Waals surface area contributed by atoms with Crippen molar-refractivity contribution in [1.29, 1.82) is 0 Å². The van der Waals surface area contributed by atoms with Gasteiger partial charge in [-0.3, -0.25) is 9.89 Å². The molecule has 1 atom stereocenters.